The number of cyclic esters (lactones) is 1. The topological polar surface area (TPSA) is 206 Å². The van der Waals surface area contributed by atoms with Crippen LogP contribution >= 0.6 is 0 Å². The normalized spacial score (nSPS) is 37.8. The zero-order chi connectivity index (χ0) is 42.7. The van der Waals surface area contributed by atoms with Crippen molar-refractivity contribution in [3.8, 4) is 5.82 Å². The molecule has 3 fully saturated rings. The number of carbonyl (C=O) groups is 3. The highest BCUT2D eigenvalue weighted by Crippen LogP contribution is 2.41. The molecule has 2 bridgehead atoms. The lowest BCUT2D eigenvalue weighted by atomic mass is 9.74. The average Bonchev–Trinajstić information content (AvgIpc) is 3.72. The fourth-order valence-electron chi connectivity index (χ4n) is 8.52. The van der Waals surface area contributed by atoms with Crippen LogP contribution in [0.2, 0.25) is 0 Å². The van der Waals surface area contributed by atoms with Gasteiger partial charge in [0.05, 0.1) is 6.10 Å². The molecule has 0 aromatic carbocycles. The van der Waals surface area contributed by atoms with E-state index in [-0.39, 0.29) is 31.6 Å². The molecule has 320 valence electrons. The number of likely N-dealkylation sites (N-methyl/N-ethyl adjacent to an activating group) is 1. The molecule has 0 spiro atoms. The summed E-state index contributed by atoms with van der Waals surface area (Å²) in [4.78, 5) is 57.6. The number of ether oxygens (including phenoxy) is 5. The molecular weight excluding hydrogens is 752 g/mol. The number of aliphatic imine (C=N–C) groups is 1. The first-order valence-corrected chi connectivity index (χ1v) is 20.0. The number of aliphatic hydroxyl groups is 2. The summed E-state index contributed by atoms with van der Waals surface area (Å²) in [6.07, 6.45) is -1.10. The minimum absolute atomic E-state index is 0.0628. The van der Waals surface area contributed by atoms with E-state index in [9.17, 15) is 24.6 Å². The Balaban J connectivity index is 1.67. The van der Waals surface area contributed by atoms with Crippen LogP contribution in [-0.4, -0.2) is 127 Å². The summed E-state index contributed by atoms with van der Waals surface area (Å²) in [5, 5.41) is 32.6. The van der Waals surface area contributed by atoms with Crippen molar-refractivity contribution >= 4 is 29.5 Å². The summed E-state index contributed by atoms with van der Waals surface area (Å²) in [6.45, 7) is 14.7. The standard InChI is InChI=1S/C41H60N6O11/c1-12-30-41(9,52)36-24(4)32(44-27(7)48)22(2)19-40(8,58-39(57-36)45-53-21-28-14-15-31(42-20-28)47-17-13-16-43-47)35(25(5)33(49)26(6)37(51)55-30)56-38-34(50)29(46(10)11)18-23(3)54-38/h13-17,20,22-26,29-30,34-36,38,50,52H,12,18-19,21H2,1-11H3/b44-32?,45-39+/t22-,23-,24+,25+,26-,29+,30-,34-,35-,36-,38+,40-,41-/m1/s1. The molecule has 13 atom stereocenters. The molecule has 0 radical (unpaired) electrons. The van der Waals surface area contributed by atoms with Crippen LogP contribution in [-0.2, 0) is 49.5 Å². The van der Waals surface area contributed by atoms with Gasteiger partial charge in [-0.15, -0.1) is 0 Å². The van der Waals surface area contributed by atoms with E-state index in [2.05, 4.69) is 20.2 Å². The molecule has 58 heavy (non-hydrogen) atoms. The number of nitrogens with zero attached hydrogens (tertiary/aromatic N) is 6. The lowest BCUT2D eigenvalue weighted by Crippen LogP contribution is -2.59. The number of fused-ring (bicyclic) bond motifs is 4. The van der Waals surface area contributed by atoms with Gasteiger partial charge in [0.15, 0.2) is 17.9 Å². The number of amides is 1. The highest BCUT2D eigenvalue weighted by atomic mass is 16.8. The maximum Gasteiger partial charge on any atom is 0.423 e. The van der Waals surface area contributed by atoms with Crippen molar-refractivity contribution in [3.05, 3.63) is 42.4 Å². The molecule has 5 rings (SSSR count). The van der Waals surface area contributed by atoms with E-state index in [0.717, 1.165) is 0 Å². The van der Waals surface area contributed by atoms with E-state index in [4.69, 9.17) is 28.5 Å². The second-order valence-corrected chi connectivity index (χ2v) is 16.6. The fourth-order valence-corrected chi connectivity index (χ4v) is 8.52. The van der Waals surface area contributed by atoms with Gasteiger partial charge >= 0.3 is 12.1 Å². The molecule has 3 aliphatic heterocycles. The van der Waals surface area contributed by atoms with Gasteiger partial charge in [0.2, 0.25) is 5.91 Å². The molecule has 0 unspecified atom stereocenters. The van der Waals surface area contributed by atoms with E-state index in [0.29, 0.717) is 23.5 Å². The van der Waals surface area contributed by atoms with Crippen LogP contribution in [0.15, 0.2) is 46.9 Å². The Morgan fingerprint density at radius 2 is 1.83 bits per heavy atom. The minimum Gasteiger partial charge on any atom is -0.459 e. The molecule has 2 aromatic rings. The van der Waals surface area contributed by atoms with Crippen molar-refractivity contribution in [2.24, 2.45) is 33.8 Å². The number of oxime groups is 1. The van der Waals surface area contributed by atoms with Crippen LogP contribution in [0.4, 0.5) is 0 Å². The Kier molecular flexibility index (Phi) is 14.2. The van der Waals surface area contributed by atoms with E-state index in [1.54, 1.807) is 69.2 Å². The third kappa shape index (κ3) is 9.76. The SMILES string of the molecule is CC[C@H]1OC(=O)[C@H](C)C(=O)[C@H](C)[C@@H](O[C@@H]2O[C@H](C)C[C@H](N(C)C)[C@H]2O)[C@@]2(C)C[C@@H](C)C(=NC(C)=O)[C@H](C)[C@@H](O/C(=N\OCc3ccc(-n4cccn4)nc3)O2)[C@]1(C)O. The molecule has 2 aromatic heterocycles. The number of aromatic nitrogens is 3. The Morgan fingerprint density at radius 1 is 1.10 bits per heavy atom. The first-order valence-electron chi connectivity index (χ1n) is 20.0. The molecule has 0 aliphatic carbocycles. The van der Waals surface area contributed by atoms with Gasteiger partial charge in [-0.3, -0.25) is 14.4 Å². The van der Waals surface area contributed by atoms with Gasteiger partial charge in [-0.25, -0.2) is 14.7 Å². The molecule has 0 saturated carbocycles. The number of Topliss-reactive ketones (excluding diaryl/α,β-unsaturated/α-hetero) is 1. The van der Waals surface area contributed by atoms with Gasteiger partial charge in [-0.1, -0.05) is 33.8 Å². The predicted molar refractivity (Wildman–Crippen MR) is 210 cm³/mol. The number of aliphatic hydroxyl groups excluding tert-OH is 1. The summed E-state index contributed by atoms with van der Waals surface area (Å²) in [5.41, 5.74) is -2.52. The molecule has 3 aliphatic rings. The van der Waals surface area contributed by atoms with Crippen LogP contribution in [0, 0.1) is 23.7 Å². The van der Waals surface area contributed by atoms with Crippen molar-refractivity contribution in [1.82, 2.24) is 19.7 Å². The Labute approximate surface area is 340 Å². The molecule has 17 nitrogen and oxygen atoms in total. The maximum absolute atomic E-state index is 14.4. The Hall–Kier alpha value is -4.29. The summed E-state index contributed by atoms with van der Waals surface area (Å²) >= 11 is 0. The van der Waals surface area contributed by atoms with Gasteiger partial charge in [0.1, 0.15) is 48.1 Å². The number of ketones is 1. The van der Waals surface area contributed by atoms with Crippen molar-refractivity contribution in [1.29, 1.82) is 0 Å². The minimum atomic E-state index is -1.96. The number of pyridine rings is 1. The molecule has 17 heteroatoms. The van der Waals surface area contributed by atoms with E-state index in [1.165, 1.54) is 20.8 Å². The summed E-state index contributed by atoms with van der Waals surface area (Å²) < 4.78 is 33.8. The average molecular weight is 813 g/mol. The third-order valence-corrected chi connectivity index (χ3v) is 11.6. The van der Waals surface area contributed by atoms with Gasteiger partial charge < -0.3 is 43.6 Å². The predicted octanol–water partition coefficient (Wildman–Crippen LogP) is 3.62. The van der Waals surface area contributed by atoms with Gasteiger partial charge in [0, 0.05) is 54.7 Å². The van der Waals surface area contributed by atoms with Crippen LogP contribution in [0.25, 0.3) is 5.82 Å². The summed E-state index contributed by atoms with van der Waals surface area (Å²) in [7, 11) is 3.70. The summed E-state index contributed by atoms with van der Waals surface area (Å²) in [5.74, 6) is -4.97. The number of carbonyl (C=O) groups excluding carboxylic acids is 3. The molecule has 2 N–H and O–H groups in total. The lowest BCUT2D eigenvalue weighted by molar-refractivity contribution is -0.292. The summed E-state index contributed by atoms with van der Waals surface area (Å²) in [6, 6.07) is 5.01. The van der Waals surface area contributed by atoms with Gasteiger partial charge in [0.25, 0.3) is 0 Å². The van der Waals surface area contributed by atoms with Crippen molar-refractivity contribution in [2.75, 3.05) is 14.1 Å². The van der Waals surface area contributed by atoms with Crippen molar-refractivity contribution < 1.29 is 53.1 Å². The third-order valence-electron chi connectivity index (χ3n) is 11.6. The number of hydrogen-bond donors (Lipinski definition) is 2. The van der Waals surface area contributed by atoms with Gasteiger partial charge in [-0.05, 0) is 84.3 Å². The van der Waals surface area contributed by atoms with Crippen LogP contribution in [0.3, 0.4) is 0 Å². The molecule has 1 amide bonds. The number of rotatable bonds is 8. The monoisotopic (exact) mass is 812 g/mol. The van der Waals surface area contributed by atoms with Crippen LogP contribution in [0.5, 0.6) is 0 Å². The van der Waals surface area contributed by atoms with Crippen LogP contribution in [0.1, 0.15) is 87.1 Å². The molecule has 3 saturated heterocycles. The maximum atomic E-state index is 14.4. The van der Waals surface area contributed by atoms with Gasteiger partial charge in [-0.2, -0.15) is 5.10 Å². The quantitative estimate of drug-likeness (QED) is 0.222. The largest absolute Gasteiger partial charge is 0.459 e. The zero-order valence-corrected chi connectivity index (χ0v) is 35.4. The Morgan fingerprint density at radius 3 is 2.43 bits per heavy atom. The van der Waals surface area contributed by atoms with Crippen LogP contribution < -0.4 is 0 Å². The lowest BCUT2D eigenvalue weighted by Gasteiger charge is -2.46. The highest BCUT2D eigenvalue weighted by Gasteiger charge is 2.55. The second kappa shape index (κ2) is 18.3. The van der Waals surface area contributed by atoms with E-state index >= 15 is 0 Å². The molecular formula is C41H60N6O11. The Bertz CT molecular complexity index is 1800. The molecule has 5 heterocycles. The highest BCUT2D eigenvalue weighted by molar-refractivity contribution is 6.00. The van der Waals surface area contributed by atoms with E-state index < -0.39 is 89.3 Å². The number of hydrogen-bond acceptors (Lipinski definition) is 15. The fraction of sp³-hybridized carbons (Fsp3) is 0.683. The number of esters is 1. The second-order valence-electron chi connectivity index (χ2n) is 16.6. The van der Waals surface area contributed by atoms with E-state index in [1.807, 2.05) is 32.8 Å². The first kappa shape index (κ1) is 44.8. The van der Waals surface area contributed by atoms with Crippen molar-refractivity contribution in [2.45, 2.75) is 142 Å². The van der Waals surface area contributed by atoms with Crippen molar-refractivity contribution in [3.63, 3.8) is 0 Å². The first-order chi connectivity index (χ1) is 27.3. The smallest absolute Gasteiger partial charge is 0.423 e. The zero-order valence-electron chi connectivity index (χ0n) is 35.4.